The quantitative estimate of drug-likeness (QED) is 0.503. The number of halogens is 3. The molecule has 9 heteroatoms. The van der Waals surface area contributed by atoms with Gasteiger partial charge in [-0.1, -0.05) is 12.8 Å². The van der Waals surface area contributed by atoms with Gasteiger partial charge in [0.2, 0.25) is 0 Å². The SMILES string of the molecule is O=S(=O)(O)CCNCC1CC2CCCCC2N(C2CCC(C(F)(F)F)CC2)C1. The Morgan fingerprint density at radius 3 is 2.36 bits per heavy atom. The van der Waals surface area contributed by atoms with Crippen molar-refractivity contribution in [3.63, 3.8) is 0 Å². The van der Waals surface area contributed by atoms with Gasteiger partial charge >= 0.3 is 6.18 Å². The summed E-state index contributed by atoms with van der Waals surface area (Å²) in [5.74, 6) is -0.470. The minimum Gasteiger partial charge on any atom is -0.315 e. The van der Waals surface area contributed by atoms with Gasteiger partial charge in [0, 0.05) is 25.2 Å². The molecule has 1 saturated heterocycles. The van der Waals surface area contributed by atoms with Gasteiger partial charge in [0.05, 0.1) is 11.7 Å². The molecule has 0 aromatic carbocycles. The van der Waals surface area contributed by atoms with Crippen LogP contribution in [0.5, 0.6) is 0 Å². The molecule has 5 nitrogen and oxygen atoms in total. The Morgan fingerprint density at radius 2 is 1.71 bits per heavy atom. The van der Waals surface area contributed by atoms with Crippen LogP contribution in [0.3, 0.4) is 0 Å². The van der Waals surface area contributed by atoms with Crippen molar-refractivity contribution in [2.75, 3.05) is 25.4 Å². The Morgan fingerprint density at radius 1 is 1.04 bits per heavy atom. The molecule has 0 radical (unpaired) electrons. The van der Waals surface area contributed by atoms with Crippen molar-refractivity contribution in [2.45, 2.75) is 76.0 Å². The molecular formula is C19H33F3N2O3S. The van der Waals surface area contributed by atoms with E-state index < -0.39 is 22.2 Å². The third kappa shape index (κ3) is 6.06. The maximum Gasteiger partial charge on any atom is 0.391 e. The number of piperidine rings is 1. The maximum atomic E-state index is 13.0. The Kier molecular flexibility index (Phi) is 7.32. The highest BCUT2D eigenvalue weighted by Gasteiger charge is 2.45. The van der Waals surface area contributed by atoms with Crippen molar-refractivity contribution in [1.82, 2.24) is 10.2 Å². The van der Waals surface area contributed by atoms with E-state index in [1.54, 1.807) is 0 Å². The van der Waals surface area contributed by atoms with Gasteiger partial charge in [-0.05, 0) is 63.3 Å². The highest BCUT2D eigenvalue weighted by atomic mass is 32.2. The molecule has 3 rings (SSSR count). The number of likely N-dealkylation sites (tertiary alicyclic amines) is 1. The zero-order valence-corrected chi connectivity index (χ0v) is 17.1. The van der Waals surface area contributed by atoms with Crippen LogP contribution in [0.25, 0.3) is 0 Å². The first kappa shape index (κ1) is 22.3. The number of fused-ring (bicyclic) bond motifs is 1. The lowest BCUT2D eigenvalue weighted by Crippen LogP contribution is -2.56. The van der Waals surface area contributed by atoms with Gasteiger partial charge in [-0.2, -0.15) is 21.6 Å². The van der Waals surface area contributed by atoms with Gasteiger partial charge in [0.1, 0.15) is 0 Å². The summed E-state index contributed by atoms with van der Waals surface area (Å²) in [6.45, 7) is 1.79. The van der Waals surface area contributed by atoms with Crippen LogP contribution < -0.4 is 5.32 Å². The molecular weight excluding hydrogens is 393 g/mol. The molecule has 1 heterocycles. The second-order valence-electron chi connectivity index (χ2n) is 8.95. The molecule has 0 aromatic rings. The van der Waals surface area contributed by atoms with E-state index in [4.69, 9.17) is 4.55 Å². The lowest BCUT2D eigenvalue weighted by Gasteiger charge is -2.51. The van der Waals surface area contributed by atoms with Crippen LogP contribution in [0.2, 0.25) is 0 Å². The molecule has 3 aliphatic rings. The van der Waals surface area contributed by atoms with Crippen LogP contribution in [0, 0.1) is 17.8 Å². The van der Waals surface area contributed by atoms with Crippen LogP contribution in [0.1, 0.15) is 57.8 Å². The van der Waals surface area contributed by atoms with Gasteiger partial charge < -0.3 is 5.32 Å². The van der Waals surface area contributed by atoms with Gasteiger partial charge in [0.25, 0.3) is 10.1 Å². The lowest BCUT2D eigenvalue weighted by molar-refractivity contribution is -0.185. The second-order valence-corrected chi connectivity index (χ2v) is 10.5. The summed E-state index contributed by atoms with van der Waals surface area (Å²) in [5, 5.41) is 3.14. The molecule has 0 aromatic heterocycles. The summed E-state index contributed by atoms with van der Waals surface area (Å²) < 4.78 is 69.6. The monoisotopic (exact) mass is 426 g/mol. The Bertz CT molecular complexity index is 606. The van der Waals surface area contributed by atoms with Crippen LogP contribution in [0.4, 0.5) is 13.2 Å². The number of alkyl halides is 3. The number of nitrogens with one attached hydrogen (secondary N) is 1. The largest absolute Gasteiger partial charge is 0.391 e. The molecule has 3 fully saturated rings. The van der Waals surface area contributed by atoms with E-state index in [1.165, 1.54) is 19.3 Å². The van der Waals surface area contributed by atoms with E-state index in [0.717, 1.165) is 19.4 Å². The van der Waals surface area contributed by atoms with Gasteiger partial charge in [-0.3, -0.25) is 9.45 Å². The first-order chi connectivity index (χ1) is 13.1. The average Bonchev–Trinajstić information content (AvgIpc) is 2.63. The Labute approximate surface area is 166 Å². The number of hydrogen-bond acceptors (Lipinski definition) is 4. The molecule has 1 aliphatic heterocycles. The van der Waals surface area contributed by atoms with E-state index in [9.17, 15) is 21.6 Å². The Balaban J connectivity index is 1.57. The van der Waals surface area contributed by atoms with E-state index in [1.807, 2.05) is 0 Å². The zero-order valence-electron chi connectivity index (χ0n) is 16.3. The number of nitrogens with zero attached hydrogens (tertiary/aromatic N) is 1. The molecule has 2 saturated carbocycles. The number of rotatable bonds is 6. The van der Waals surface area contributed by atoms with E-state index in [-0.39, 0.29) is 31.2 Å². The summed E-state index contributed by atoms with van der Waals surface area (Å²) in [4.78, 5) is 2.51. The number of hydrogen-bond donors (Lipinski definition) is 2. The van der Waals surface area contributed by atoms with Crippen LogP contribution in [-0.4, -0.2) is 61.5 Å². The maximum absolute atomic E-state index is 13.0. The third-order valence-electron chi connectivity index (χ3n) is 7.00. The van der Waals surface area contributed by atoms with Gasteiger partial charge in [-0.25, -0.2) is 0 Å². The zero-order chi connectivity index (χ0) is 20.4. The van der Waals surface area contributed by atoms with Crippen molar-refractivity contribution in [3.8, 4) is 0 Å². The smallest absolute Gasteiger partial charge is 0.315 e. The summed E-state index contributed by atoms with van der Waals surface area (Å²) >= 11 is 0. The standard InChI is InChI=1S/C19H33F3N2O3S/c20-19(21,22)16-5-7-17(8-6-16)24-13-14(12-23-9-10-28(25,26)27)11-15-3-1-2-4-18(15)24/h14-18,23H,1-13H2,(H,25,26,27). The predicted molar refractivity (Wildman–Crippen MR) is 102 cm³/mol. The lowest BCUT2D eigenvalue weighted by atomic mass is 9.73. The summed E-state index contributed by atoms with van der Waals surface area (Å²) in [5.41, 5.74) is 0. The van der Waals surface area contributed by atoms with Crippen LogP contribution in [-0.2, 0) is 10.1 Å². The van der Waals surface area contributed by atoms with E-state index >= 15 is 0 Å². The van der Waals surface area contributed by atoms with Crippen molar-refractivity contribution in [2.24, 2.45) is 17.8 Å². The van der Waals surface area contributed by atoms with Crippen LogP contribution >= 0.6 is 0 Å². The summed E-state index contributed by atoms with van der Waals surface area (Å²) in [7, 11) is -3.96. The second kappa shape index (κ2) is 9.18. The fourth-order valence-electron chi connectivity index (χ4n) is 5.65. The molecule has 28 heavy (non-hydrogen) atoms. The van der Waals surface area contributed by atoms with Crippen molar-refractivity contribution >= 4 is 10.1 Å². The van der Waals surface area contributed by atoms with Crippen molar-refractivity contribution in [1.29, 1.82) is 0 Å². The molecule has 3 atom stereocenters. The first-order valence-corrected chi connectivity index (χ1v) is 12.2. The summed E-state index contributed by atoms with van der Waals surface area (Å²) in [6.07, 6.45) is 3.49. The third-order valence-corrected chi connectivity index (χ3v) is 7.72. The Hall–Kier alpha value is -0.380. The van der Waals surface area contributed by atoms with E-state index in [2.05, 4.69) is 10.2 Å². The minimum atomic E-state index is -4.07. The van der Waals surface area contributed by atoms with Gasteiger partial charge in [0.15, 0.2) is 0 Å². The van der Waals surface area contributed by atoms with Gasteiger partial charge in [-0.15, -0.1) is 0 Å². The summed E-state index contributed by atoms with van der Waals surface area (Å²) in [6, 6.07) is 0.736. The molecule has 0 spiro atoms. The van der Waals surface area contributed by atoms with Crippen molar-refractivity contribution < 1.29 is 26.1 Å². The average molecular weight is 427 g/mol. The molecule has 2 aliphatic carbocycles. The molecule has 0 bridgehead atoms. The highest BCUT2D eigenvalue weighted by Crippen LogP contribution is 2.43. The molecule has 0 amide bonds. The fourth-order valence-corrected chi connectivity index (χ4v) is 6.05. The predicted octanol–water partition coefficient (Wildman–Crippen LogP) is 3.47. The first-order valence-electron chi connectivity index (χ1n) is 10.6. The fraction of sp³-hybridized carbons (Fsp3) is 1.00. The van der Waals surface area contributed by atoms with E-state index in [0.29, 0.717) is 37.3 Å². The highest BCUT2D eigenvalue weighted by molar-refractivity contribution is 7.85. The molecule has 2 N–H and O–H groups in total. The van der Waals surface area contributed by atoms with Crippen molar-refractivity contribution in [3.05, 3.63) is 0 Å². The normalized spacial score (nSPS) is 35.5. The van der Waals surface area contributed by atoms with Crippen LogP contribution in [0.15, 0.2) is 0 Å². The molecule has 164 valence electrons. The minimum absolute atomic E-state index is 0.222. The topological polar surface area (TPSA) is 69.6 Å². The molecule has 3 unspecified atom stereocenters.